The summed E-state index contributed by atoms with van der Waals surface area (Å²) in [5.74, 6) is -0.263. The normalized spacial score (nSPS) is 10.6. The van der Waals surface area contributed by atoms with Crippen LogP contribution in [0, 0.1) is 15.9 Å². The molecule has 0 aliphatic heterocycles. The van der Waals surface area contributed by atoms with Crippen molar-refractivity contribution in [3.8, 4) is 0 Å². The molecule has 0 unspecified atom stereocenters. The van der Waals surface area contributed by atoms with Crippen LogP contribution in [0.4, 0.5) is 10.1 Å². The number of nitro benzene ring substituents is 1. The summed E-state index contributed by atoms with van der Waals surface area (Å²) in [6.45, 7) is 0.993. The zero-order valence-corrected chi connectivity index (χ0v) is 11.9. The lowest BCUT2D eigenvalue weighted by Gasteiger charge is -2.06. The Balaban J connectivity index is 1.90. The first-order valence-electron chi connectivity index (χ1n) is 6.44. The number of hydrogen-bond donors (Lipinski definition) is 1. The number of halogens is 2. The maximum atomic E-state index is 12.8. The van der Waals surface area contributed by atoms with Crippen molar-refractivity contribution in [2.24, 2.45) is 0 Å². The zero-order chi connectivity index (χ0) is 15.2. The number of nitrogens with one attached hydrogen (secondary N) is 1. The fourth-order valence-corrected chi connectivity index (χ4v) is 2.18. The molecular weight excluding hydrogens is 295 g/mol. The van der Waals surface area contributed by atoms with Gasteiger partial charge in [0.15, 0.2) is 0 Å². The van der Waals surface area contributed by atoms with Gasteiger partial charge in [-0.15, -0.1) is 0 Å². The summed E-state index contributed by atoms with van der Waals surface area (Å²) >= 11 is 5.86. The molecule has 2 rings (SSSR count). The lowest BCUT2D eigenvalue weighted by Crippen LogP contribution is -2.17. The molecule has 2 aromatic carbocycles. The van der Waals surface area contributed by atoms with Crippen LogP contribution in [0.2, 0.25) is 5.02 Å². The topological polar surface area (TPSA) is 55.2 Å². The molecule has 110 valence electrons. The van der Waals surface area contributed by atoms with Crippen molar-refractivity contribution in [1.82, 2.24) is 5.32 Å². The van der Waals surface area contributed by atoms with Gasteiger partial charge in [-0.3, -0.25) is 10.1 Å². The van der Waals surface area contributed by atoms with Gasteiger partial charge in [0, 0.05) is 23.2 Å². The first kappa shape index (κ1) is 15.4. The van der Waals surface area contributed by atoms with E-state index in [2.05, 4.69) is 5.32 Å². The predicted octanol–water partition coefficient (Wildman–Crippen LogP) is 3.72. The van der Waals surface area contributed by atoms with Crippen molar-refractivity contribution >= 4 is 17.3 Å². The zero-order valence-electron chi connectivity index (χ0n) is 11.2. The summed E-state index contributed by atoms with van der Waals surface area (Å²) in [4.78, 5) is 10.5. The first-order valence-corrected chi connectivity index (χ1v) is 6.82. The number of rotatable bonds is 6. The molecule has 6 heteroatoms. The van der Waals surface area contributed by atoms with E-state index >= 15 is 0 Å². The minimum absolute atomic E-state index is 0.0497. The highest BCUT2D eigenvalue weighted by Gasteiger charge is 2.13. The smallest absolute Gasteiger partial charge is 0.273 e. The van der Waals surface area contributed by atoms with E-state index in [1.165, 1.54) is 24.3 Å². The van der Waals surface area contributed by atoms with Gasteiger partial charge in [-0.25, -0.2) is 4.39 Å². The van der Waals surface area contributed by atoms with E-state index in [4.69, 9.17) is 11.6 Å². The Morgan fingerprint density at radius 2 is 1.90 bits per heavy atom. The number of hydrogen-bond acceptors (Lipinski definition) is 3. The molecule has 0 saturated heterocycles. The summed E-state index contributed by atoms with van der Waals surface area (Å²) < 4.78 is 12.8. The highest BCUT2D eigenvalue weighted by atomic mass is 35.5. The van der Waals surface area contributed by atoms with Crippen LogP contribution in [0.25, 0.3) is 0 Å². The lowest BCUT2D eigenvalue weighted by atomic mass is 10.1. The van der Waals surface area contributed by atoms with Gasteiger partial charge in [0.1, 0.15) is 5.82 Å². The van der Waals surface area contributed by atoms with E-state index < -0.39 is 4.92 Å². The molecule has 21 heavy (non-hydrogen) atoms. The van der Waals surface area contributed by atoms with Crippen molar-refractivity contribution < 1.29 is 9.31 Å². The average Bonchev–Trinajstić information content (AvgIpc) is 2.45. The van der Waals surface area contributed by atoms with E-state index in [0.717, 1.165) is 5.56 Å². The number of nitro groups is 1. The molecule has 0 amide bonds. The third-order valence-corrected chi connectivity index (χ3v) is 3.29. The van der Waals surface area contributed by atoms with Gasteiger partial charge in [-0.1, -0.05) is 23.7 Å². The van der Waals surface area contributed by atoms with Gasteiger partial charge in [-0.2, -0.15) is 0 Å². The highest BCUT2D eigenvalue weighted by molar-refractivity contribution is 6.30. The Morgan fingerprint density at radius 1 is 1.19 bits per heavy atom. The standard InChI is InChI=1S/C15H14ClFN2O2/c16-13-3-6-15(19(20)21)12(9-13)10-18-8-7-11-1-4-14(17)5-2-11/h1-6,9,18H,7-8,10H2. The molecule has 0 heterocycles. The first-order chi connectivity index (χ1) is 10.1. The largest absolute Gasteiger partial charge is 0.312 e. The lowest BCUT2D eigenvalue weighted by molar-refractivity contribution is -0.385. The molecular formula is C15H14ClFN2O2. The minimum atomic E-state index is -0.423. The molecule has 2 aromatic rings. The molecule has 0 aliphatic rings. The number of benzene rings is 2. The number of nitrogens with zero attached hydrogens (tertiary/aromatic N) is 1. The van der Waals surface area contributed by atoms with Gasteiger partial charge in [0.25, 0.3) is 5.69 Å². The quantitative estimate of drug-likeness (QED) is 0.503. The third-order valence-electron chi connectivity index (χ3n) is 3.06. The fourth-order valence-electron chi connectivity index (χ4n) is 1.98. The van der Waals surface area contributed by atoms with Crippen molar-refractivity contribution in [3.63, 3.8) is 0 Å². The molecule has 0 spiro atoms. The summed E-state index contributed by atoms with van der Waals surface area (Å²) in [7, 11) is 0. The molecule has 0 aliphatic carbocycles. The van der Waals surface area contributed by atoms with E-state index in [1.54, 1.807) is 18.2 Å². The molecule has 0 aromatic heterocycles. The van der Waals surface area contributed by atoms with E-state index in [0.29, 0.717) is 30.1 Å². The van der Waals surface area contributed by atoms with Crippen LogP contribution in [0.1, 0.15) is 11.1 Å². The van der Waals surface area contributed by atoms with Crippen LogP contribution < -0.4 is 5.32 Å². The maximum absolute atomic E-state index is 12.8. The molecule has 0 saturated carbocycles. The van der Waals surface area contributed by atoms with Crippen LogP contribution in [-0.4, -0.2) is 11.5 Å². The molecule has 0 fully saturated rings. The summed E-state index contributed by atoms with van der Waals surface area (Å²) in [5.41, 5.74) is 1.60. The van der Waals surface area contributed by atoms with E-state index in [9.17, 15) is 14.5 Å². The van der Waals surface area contributed by atoms with E-state index in [-0.39, 0.29) is 11.5 Å². The van der Waals surface area contributed by atoms with E-state index in [1.807, 2.05) is 0 Å². The second-order valence-corrected chi connectivity index (χ2v) is 5.02. The van der Waals surface area contributed by atoms with Crippen molar-refractivity contribution in [1.29, 1.82) is 0 Å². The second-order valence-electron chi connectivity index (χ2n) is 4.58. The van der Waals surface area contributed by atoms with Crippen LogP contribution in [-0.2, 0) is 13.0 Å². The van der Waals surface area contributed by atoms with Gasteiger partial charge in [-0.05, 0) is 42.8 Å². The van der Waals surface area contributed by atoms with Gasteiger partial charge >= 0.3 is 0 Å². The highest BCUT2D eigenvalue weighted by Crippen LogP contribution is 2.22. The van der Waals surface area contributed by atoms with Crippen LogP contribution in [0.15, 0.2) is 42.5 Å². The summed E-state index contributed by atoms with van der Waals surface area (Å²) in [6.07, 6.45) is 0.717. The Labute approximate surface area is 126 Å². The van der Waals surface area contributed by atoms with Crippen LogP contribution >= 0.6 is 11.6 Å². The monoisotopic (exact) mass is 308 g/mol. The van der Waals surface area contributed by atoms with Crippen LogP contribution in [0.3, 0.4) is 0 Å². The fraction of sp³-hybridized carbons (Fsp3) is 0.200. The van der Waals surface area contributed by atoms with Gasteiger partial charge in [0.05, 0.1) is 4.92 Å². The molecule has 0 atom stereocenters. The second kappa shape index (κ2) is 7.15. The van der Waals surface area contributed by atoms with Gasteiger partial charge < -0.3 is 5.32 Å². The third kappa shape index (κ3) is 4.51. The SMILES string of the molecule is O=[N+]([O-])c1ccc(Cl)cc1CNCCc1ccc(F)cc1. The van der Waals surface area contributed by atoms with Crippen molar-refractivity contribution in [3.05, 3.63) is 74.5 Å². The van der Waals surface area contributed by atoms with Crippen molar-refractivity contribution in [2.75, 3.05) is 6.54 Å². The Morgan fingerprint density at radius 3 is 2.57 bits per heavy atom. The molecule has 0 radical (unpaired) electrons. The maximum Gasteiger partial charge on any atom is 0.273 e. The predicted molar refractivity (Wildman–Crippen MR) is 79.9 cm³/mol. The Kier molecular flexibility index (Phi) is 5.25. The average molecular weight is 309 g/mol. The summed E-state index contributed by atoms with van der Waals surface area (Å²) in [6, 6.07) is 10.8. The Hall–Kier alpha value is -1.98. The molecule has 1 N–H and O–H groups in total. The minimum Gasteiger partial charge on any atom is -0.312 e. The van der Waals surface area contributed by atoms with Crippen molar-refractivity contribution in [2.45, 2.75) is 13.0 Å². The Bertz CT molecular complexity index is 632. The molecule has 0 bridgehead atoms. The van der Waals surface area contributed by atoms with Crippen LogP contribution in [0.5, 0.6) is 0 Å². The summed E-state index contributed by atoms with van der Waals surface area (Å²) in [5, 5.41) is 14.5. The molecule has 4 nitrogen and oxygen atoms in total. The van der Waals surface area contributed by atoms with Gasteiger partial charge in [0.2, 0.25) is 0 Å².